The second kappa shape index (κ2) is 72.0. The van der Waals surface area contributed by atoms with Crippen molar-refractivity contribution in [2.24, 2.45) is 5.92 Å². The quantitative estimate of drug-likeness (QED) is 0.0222. The summed E-state index contributed by atoms with van der Waals surface area (Å²) in [5.74, 6) is -1.35. The van der Waals surface area contributed by atoms with Crippen LogP contribution in [-0.4, -0.2) is 96.7 Å². The minimum atomic E-state index is -4.96. The summed E-state index contributed by atoms with van der Waals surface area (Å²) in [4.78, 5) is 72.8. The van der Waals surface area contributed by atoms with E-state index in [-0.39, 0.29) is 25.7 Å². The molecule has 3 N–H and O–H groups in total. The molecule has 582 valence electrons. The molecule has 0 aliphatic rings. The first-order chi connectivity index (χ1) is 47.5. The lowest BCUT2D eigenvalue weighted by Gasteiger charge is -2.21. The molecule has 0 aliphatic carbocycles. The predicted molar refractivity (Wildman–Crippen MR) is 400 cm³/mol. The van der Waals surface area contributed by atoms with Crippen LogP contribution in [0.1, 0.15) is 420 Å². The summed E-state index contributed by atoms with van der Waals surface area (Å²) >= 11 is 0. The van der Waals surface area contributed by atoms with E-state index in [0.29, 0.717) is 25.7 Å². The molecule has 0 fully saturated rings. The van der Waals surface area contributed by atoms with Gasteiger partial charge in [0.2, 0.25) is 0 Å². The number of unbranched alkanes of at least 4 members (excludes halogenated alkanes) is 51. The molecule has 0 heterocycles. The summed E-state index contributed by atoms with van der Waals surface area (Å²) in [6.07, 6.45) is 62.5. The smallest absolute Gasteiger partial charge is 0.462 e. The highest BCUT2D eigenvalue weighted by Gasteiger charge is 2.30. The molecule has 0 aromatic rings. The normalized spacial score (nSPS) is 13.9. The topological polar surface area (TPSA) is 237 Å². The summed E-state index contributed by atoms with van der Waals surface area (Å²) in [5, 5.41) is 10.6. The van der Waals surface area contributed by atoms with E-state index in [4.69, 9.17) is 37.0 Å². The van der Waals surface area contributed by atoms with Gasteiger partial charge in [-0.3, -0.25) is 37.3 Å². The Morgan fingerprint density at radius 3 is 0.694 bits per heavy atom. The van der Waals surface area contributed by atoms with Crippen molar-refractivity contribution in [2.75, 3.05) is 39.6 Å². The average Bonchev–Trinajstić information content (AvgIpc) is 1.03. The van der Waals surface area contributed by atoms with E-state index in [1.807, 2.05) is 0 Å². The number of phosphoric ester groups is 2. The number of aliphatic hydroxyl groups excluding tert-OH is 1. The lowest BCUT2D eigenvalue weighted by atomic mass is 10.0. The van der Waals surface area contributed by atoms with Crippen molar-refractivity contribution in [1.29, 1.82) is 0 Å². The summed E-state index contributed by atoms with van der Waals surface area (Å²) in [5.41, 5.74) is 0. The Labute approximate surface area is 600 Å². The first-order valence-corrected chi connectivity index (χ1v) is 44.1. The van der Waals surface area contributed by atoms with Crippen LogP contribution in [0, 0.1) is 5.92 Å². The molecule has 5 atom stereocenters. The Hall–Kier alpha value is -1.94. The highest BCUT2D eigenvalue weighted by Crippen LogP contribution is 2.45. The van der Waals surface area contributed by atoms with Crippen molar-refractivity contribution in [2.45, 2.75) is 438 Å². The highest BCUT2D eigenvalue weighted by atomic mass is 31.2. The second-order valence-electron chi connectivity index (χ2n) is 28.9. The maximum Gasteiger partial charge on any atom is 0.472 e. The van der Waals surface area contributed by atoms with Gasteiger partial charge in [-0.25, -0.2) is 9.13 Å². The fourth-order valence-electron chi connectivity index (χ4n) is 12.2. The fraction of sp³-hybridized carbons (Fsp3) is 0.949. The standard InChI is InChI=1S/C79H154O17P2/c1-6-9-12-15-18-21-23-25-27-29-30-31-32-34-36-40-44-49-54-59-64-78(83)96-75(69-90-77(82)63-58-53-48-43-39-35-33-28-26-24-22-19-16-13-10-7-2)71-94-98(87,88)92-67-73(80)66-91-97(85,86)93-70-74(68-89-76(81)62-57-52-47-20-17-14-11-8-3)95-79(84)65-60-55-50-45-41-37-38-42-46-51-56-61-72(4)5/h72-75,80H,6-71H2,1-5H3,(H,85,86)(H,87,88)/t73-,74+,75+/m0/s1. The Bertz CT molecular complexity index is 1870. The molecular formula is C79H154O17P2. The zero-order chi connectivity index (χ0) is 71.9. The Kier molecular flexibility index (Phi) is 70.6. The maximum absolute atomic E-state index is 13.1. The van der Waals surface area contributed by atoms with E-state index in [0.717, 1.165) is 102 Å². The monoisotopic (exact) mass is 1440 g/mol. The van der Waals surface area contributed by atoms with Gasteiger partial charge in [0.25, 0.3) is 0 Å². The zero-order valence-corrected chi connectivity index (χ0v) is 65.7. The van der Waals surface area contributed by atoms with E-state index >= 15 is 0 Å². The summed E-state index contributed by atoms with van der Waals surface area (Å²) < 4.78 is 68.6. The third-order valence-electron chi connectivity index (χ3n) is 18.5. The molecule has 0 saturated carbocycles. The first-order valence-electron chi connectivity index (χ1n) is 41.1. The van der Waals surface area contributed by atoms with E-state index in [1.165, 1.54) is 238 Å². The number of aliphatic hydroxyl groups is 1. The molecule has 0 spiro atoms. The van der Waals surface area contributed by atoms with Crippen LogP contribution in [-0.2, 0) is 65.4 Å². The SMILES string of the molecule is CCCCCCCCCCCCCCCCCCCCCCC(=O)O[C@H](COC(=O)CCCCCCCCCCCCCCCCCC)COP(=O)(O)OC[C@@H](O)COP(=O)(O)OC[C@@H](COC(=O)CCCCCCCCCC)OC(=O)CCCCCCCCCCCCCC(C)C. The van der Waals surface area contributed by atoms with Crippen molar-refractivity contribution in [3.8, 4) is 0 Å². The molecule has 0 radical (unpaired) electrons. The number of hydrogen-bond acceptors (Lipinski definition) is 15. The fourth-order valence-corrected chi connectivity index (χ4v) is 13.8. The van der Waals surface area contributed by atoms with Crippen molar-refractivity contribution < 1.29 is 80.2 Å². The minimum Gasteiger partial charge on any atom is -0.462 e. The molecule has 0 bridgehead atoms. The summed E-state index contributed by atoms with van der Waals surface area (Å²) in [6.45, 7) is 7.29. The zero-order valence-electron chi connectivity index (χ0n) is 63.9. The Balaban J connectivity index is 5.20. The van der Waals surface area contributed by atoms with Gasteiger partial charge in [-0.1, -0.05) is 369 Å². The Morgan fingerprint density at radius 2 is 0.469 bits per heavy atom. The molecule has 17 nitrogen and oxygen atoms in total. The number of rotatable bonds is 79. The third-order valence-corrected chi connectivity index (χ3v) is 20.4. The van der Waals surface area contributed by atoms with E-state index in [2.05, 4.69) is 34.6 Å². The van der Waals surface area contributed by atoms with Crippen LogP contribution in [0.25, 0.3) is 0 Å². The molecule has 98 heavy (non-hydrogen) atoms. The lowest BCUT2D eigenvalue weighted by Crippen LogP contribution is -2.30. The van der Waals surface area contributed by atoms with Gasteiger partial charge >= 0.3 is 39.5 Å². The molecule has 0 amide bonds. The van der Waals surface area contributed by atoms with Crippen LogP contribution in [0.15, 0.2) is 0 Å². The highest BCUT2D eigenvalue weighted by molar-refractivity contribution is 7.47. The molecule has 0 rings (SSSR count). The van der Waals surface area contributed by atoms with Crippen molar-refractivity contribution >= 4 is 39.5 Å². The van der Waals surface area contributed by atoms with Gasteiger partial charge in [-0.2, -0.15) is 0 Å². The average molecular weight is 1440 g/mol. The van der Waals surface area contributed by atoms with Gasteiger partial charge in [0.05, 0.1) is 26.4 Å². The van der Waals surface area contributed by atoms with Gasteiger partial charge in [-0.05, 0) is 31.6 Å². The maximum atomic E-state index is 13.1. The molecule has 19 heteroatoms. The molecule has 2 unspecified atom stereocenters. The molecule has 0 aromatic carbocycles. The van der Waals surface area contributed by atoms with Crippen molar-refractivity contribution in [3.63, 3.8) is 0 Å². The van der Waals surface area contributed by atoms with Crippen LogP contribution in [0.4, 0.5) is 0 Å². The van der Waals surface area contributed by atoms with E-state index in [1.54, 1.807) is 0 Å². The minimum absolute atomic E-state index is 0.107. The summed E-state index contributed by atoms with van der Waals surface area (Å²) in [7, 11) is -9.91. The lowest BCUT2D eigenvalue weighted by molar-refractivity contribution is -0.161. The van der Waals surface area contributed by atoms with Gasteiger partial charge in [0.15, 0.2) is 12.2 Å². The van der Waals surface area contributed by atoms with Crippen LogP contribution in [0.2, 0.25) is 0 Å². The molecular weight excluding hydrogens is 1280 g/mol. The van der Waals surface area contributed by atoms with Gasteiger partial charge in [0.1, 0.15) is 19.3 Å². The van der Waals surface area contributed by atoms with Crippen LogP contribution in [0.5, 0.6) is 0 Å². The number of hydrogen-bond donors (Lipinski definition) is 3. The molecule has 0 aliphatic heterocycles. The van der Waals surface area contributed by atoms with Crippen LogP contribution < -0.4 is 0 Å². The number of ether oxygens (including phenoxy) is 4. The molecule has 0 aromatic heterocycles. The van der Waals surface area contributed by atoms with Gasteiger partial charge in [-0.15, -0.1) is 0 Å². The molecule has 0 saturated heterocycles. The van der Waals surface area contributed by atoms with E-state index < -0.39 is 97.5 Å². The van der Waals surface area contributed by atoms with Gasteiger partial charge < -0.3 is 33.8 Å². The van der Waals surface area contributed by atoms with Crippen LogP contribution in [0.3, 0.4) is 0 Å². The van der Waals surface area contributed by atoms with E-state index in [9.17, 15) is 43.2 Å². The number of carbonyl (C=O) groups excluding carboxylic acids is 4. The second-order valence-corrected chi connectivity index (χ2v) is 31.8. The number of carbonyl (C=O) groups is 4. The van der Waals surface area contributed by atoms with Crippen molar-refractivity contribution in [3.05, 3.63) is 0 Å². The Morgan fingerprint density at radius 1 is 0.276 bits per heavy atom. The predicted octanol–water partition coefficient (Wildman–Crippen LogP) is 23.6. The largest absolute Gasteiger partial charge is 0.472 e. The number of esters is 4. The van der Waals surface area contributed by atoms with Crippen molar-refractivity contribution in [1.82, 2.24) is 0 Å². The third kappa shape index (κ3) is 72.4. The summed E-state index contributed by atoms with van der Waals surface area (Å²) in [6, 6.07) is 0. The van der Waals surface area contributed by atoms with Gasteiger partial charge in [0, 0.05) is 25.7 Å². The first kappa shape index (κ1) is 96.1. The van der Waals surface area contributed by atoms with Crippen LogP contribution >= 0.6 is 15.6 Å². The number of phosphoric acid groups is 2.